The highest BCUT2D eigenvalue weighted by Crippen LogP contribution is 2.33. The van der Waals surface area contributed by atoms with Crippen LogP contribution in [0.2, 0.25) is 0 Å². The summed E-state index contributed by atoms with van der Waals surface area (Å²) >= 11 is 0. The second-order valence-electron chi connectivity index (χ2n) is 7.58. The van der Waals surface area contributed by atoms with E-state index in [1.165, 1.54) is 12.2 Å². The van der Waals surface area contributed by atoms with Gasteiger partial charge in [0.1, 0.15) is 26.4 Å². The van der Waals surface area contributed by atoms with Crippen LogP contribution in [0.25, 0.3) is 0 Å². The zero-order chi connectivity index (χ0) is 26.4. The summed E-state index contributed by atoms with van der Waals surface area (Å²) in [6.07, 6.45) is 1.82. The zero-order valence-electron chi connectivity index (χ0n) is 19.9. The average Bonchev–Trinajstić information content (AvgIpc) is 2.91. The van der Waals surface area contributed by atoms with Crippen LogP contribution < -0.4 is 0 Å². The summed E-state index contributed by atoms with van der Waals surface area (Å²) < 4.78 is 20.8. The quantitative estimate of drug-likeness (QED) is 0.129. The summed E-state index contributed by atoms with van der Waals surface area (Å²) in [6, 6.07) is 17.3. The molecule has 36 heavy (non-hydrogen) atoms. The minimum absolute atomic E-state index is 0.136. The van der Waals surface area contributed by atoms with E-state index in [-0.39, 0.29) is 32.0 Å². The van der Waals surface area contributed by atoms with Crippen LogP contribution in [-0.2, 0) is 51.3 Å². The molecule has 0 heterocycles. The highest BCUT2D eigenvalue weighted by molar-refractivity contribution is 6.18. The molecule has 0 saturated heterocycles. The third-order valence-electron chi connectivity index (χ3n) is 4.90. The fraction of sp³-hybridized carbons (Fsp3) is 0.214. The number of hydrogen-bond acceptors (Lipinski definition) is 8. The van der Waals surface area contributed by atoms with Crippen molar-refractivity contribution in [2.45, 2.75) is 19.6 Å². The van der Waals surface area contributed by atoms with Crippen molar-refractivity contribution < 1.29 is 38.1 Å². The maximum absolute atomic E-state index is 13.4. The van der Waals surface area contributed by atoms with E-state index in [1.807, 2.05) is 0 Å². The van der Waals surface area contributed by atoms with Crippen molar-refractivity contribution in [3.8, 4) is 0 Å². The summed E-state index contributed by atoms with van der Waals surface area (Å²) in [4.78, 5) is 52.4. The molecular weight excluding hydrogens is 464 g/mol. The Kier molecular flexibility index (Phi) is 10.8. The lowest BCUT2D eigenvalue weighted by Crippen LogP contribution is -2.50. The van der Waals surface area contributed by atoms with Crippen LogP contribution >= 0.6 is 0 Å². The standard InChI is InChI=1S/C28H28O8/c1-4-16-33-24(29)21(3)18-28(25(30)34-17-5-2,26(31)35-19-22-12-8-6-9-13-22)27(32)36-20-23-14-10-7-11-15-23/h4-15H,1-3,16-20H2. The van der Waals surface area contributed by atoms with Crippen LogP contribution in [0.5, 0.6) is 0 Å². The van der Waals surface area contributed by atoms with E-state index in [9.17, 15) is 19.2 Å². The smallest absolute Gasteiger partial charge is 0.335 e. The zero-order valence-corrected chi connectivity index (χ0v) is 19.9. The van der Waals surface area contributed by atoms with E-state index in [0.29, 0.717) is 11.1 Å². The monoisotopic (exact) mass is 492 g/mol. The maximum Gasteiger partial charge on any atom is 0.335 e. The number of ether oxygens (including phenoxy) is 4. The van der Waals surface area contributed by atoms with Gasteiger partial charge >= 0.3 is 23.9 Å². The van der Waals surface area contributed by atoms with Crippen molar-refractivity contribution >= 4 is 23.9 Å². The third-order valence-corrected chi connectivity index (χ3v) is 4.90. The molecule has 0 aliphatic carbocycles. The molecule has 0 unspecified atom stereocenters. The van der Waals surface area contributed by atoms with E-state index in [0.717, 1.165) is 0 Å². The second kappa shape index (κ2) is 14.1. The molecule has 2 rings (SSSR count). The number of hydrogen-bond donors (Lipinski definition) is 0. The van der Waals surface area contributed by atoms with E-state index in [2.05, 4.69) is 19.7 Å². The highest BCUT2D eigenvalue weighted by Gasteiger charge is 2.58. The maximum atomic E-state index is 13.4. The first kappa shape index (κ1) is 27.8. The van der Waals surface area contributed by atoms with Crippen molar-refractivity contribution in [1.29, 1.82) is 0 Å². The lowest BCUT2D eigenvalue weighted by molar-refractivity contribution is -0.185. The lowest BCUT2D eigenvalue weighted by Gasteiger charge is -2.27. The fourth-order valence-corrected chi connectivity index (χ4v) is 3.05. The number of carbonyl (C=O) groups excluding carboxylic acids is 4. The van der Waals surface area contributed by atoms with Gasteiger partial charge in [-0.1, -0.05) is 92.6 Å². The van der Waals surface area contributed by atoms with Crippen molar-refractivity contribution in [3.63, 3.8) is 0 Å². The van der Waals surface area contributed by atoms with E-state index in [4.69, 9.17) is 18.9 Å². The molecule has 0 fully saturated rings. The Labute approximate surface area is 209 Å². The van der Waals surface area contributed by atoms with Gasteiger partial charge in [0.15, 0.2) is 0 Å². The molecule has 0 saturated carbocycles. The second-order valence-corrected chi connectivity index (χ2v) is 7.58. The SMILES string of the molecule is C=CCOC(=O)C(=C)CC(C(=O)OCC=C)(C(=O)OCc1ccccc1)C(=O)OCc1ccccc1. The highest BCUT2D eigenvalue weighted by atomic mass is 16.6. The summed E-state index contributed by atoms with van der Waals surface area (Å²) in [6.45, 7) is 9.61. The van der Waals surface area contributed by atoms with Gasteiger partial charge in [-0.3, -0.25) is 14.4 Å². The van der Waals surface area contributed by atoms with Crippen LogP contribution in [-0.4, -0.2) is 37.1 Å². The van der Waals surface area contributed by atoms with Crippen molar-refractivity contribution in [3.05, 3.63) is 109 Å². The van der Waals surface area contributed by atoms with Gasteiger partial charge in [-0.25, -0.2) is 4.79 Å². The molecule has 0 spiro atoms. The van der Waals surface area contributed by atoms with Crippen LogP contribution in [0, 0.1) is 5.41 Å². The molecule has 0 aromatic heterocycles. The lowest BCUT2D eigenvalue weighted by atomic mass is 9.81. The van der Waals surface area contributed by atoms with Gasteiger partial charge in [-0.15, -0.1) is 0 Å². The van der Waals surface area contributed by atoms with Gasteiger partial charge in [0.2, 0.25) is 0 Å². The molecule has 8 nitrogen and oxygen atoms in total. The topological polar surface area (TPSA) is 105 Å². The predicted molar refractivity (Wildman–Crippen MR) is 131 cm³/mol. The summed E-state index contributed by atoms with van der Waals surface area (Å²) in [7, 11) is 0. The van der Waals surface area contributed by atoms with Crippen molar-refractivity contribution in [2.75, 3.05) is 13.2 Å². The molecule has 0 radical (unpaired) electrons. The Bertz CT molecular complexity index is 1030. The Hall–Kier alpha value is -4.46. The fourth-order valence-electron chi connectivity index (χ4n) is 3.05. The van der Waals surface area contributed by atoms with Crippen molar-refractivity contribution in [1.82, 2.24) is 0 Å². The summed E-state index contributed by atoms with van der Waals surface area (Å²) in [5.74, 6) is -4.70. The van der Waals surface area contributed by atoms with E-state index < -0.39 is 35.7 Å². The molecule has 2 aromatic rings. The van der Waals surface area contributed by atoms with Crippen LogP contribution in [0.4, 0.5) is 0 Å². The molecule has 0 N–H and O–H groups in total. The number of esters is 4. The molecular formula is C28H28O8. The normalized spacial score (nSPS) is 10.4. The summed E-state index contributed by atoms with van der Waals surface area (Å²) in [5, 5.41) is 0. The summed E-state index contributed by atoms with van der Waals surface area (Å²) in [5.41, 5.74) is -1.78. The van der Waals surface area contributed by atoms with E-state index >= 15 is 0 Å². The Morgan fingerprint density at radius 3 is 1.53 bits per heavy atom. The molecule has 0 amide bonds. The molecule has 0 aliphatic heterocycles. The molecule has 0 atom stereocenters. The van der Waals surface area contributed by atoms with Crippen molar-refractivity contribution in [2.24, 2.45) is 5.41 Å². The van der Waals surface area contributed by atoms with Crippen LogP contribution in [0.3, 0.4) is 0 Å². The first-order chi connectivity index (χ1) is 17.3. The first-order valence-corrected chi connectivity index (χ1v) is 11.0. The number of rotatable bonds is 14. The van der Waals surface area contributed by atoms with Gasteiger partial charge in [0.05, 0.1) is 0 Å². The average molecular weight is 493 g/mol. The Balaban J connectivity index is 2.42. The van der Waals surface area contributed by atoms with Crippen LogP contribution in [0.1, 0.15) is 17.5 Å². The Morgan fingerprint density at radius 2 is 1.08 bits per heavy atom. The number of benzene rings is 2. The minimum atomic E-state index is -2.67. The molecule has 188 valence electrons. The Morgan fingerprint density at radius 1 is 0.667 bits per heavy atom. The minimum Gasteiger partial charge on any atom is -0.460 e. The van der Waals surface area contributed by atoms with E-state index in [1.54, 1.807) is 60.7 Å². The number of carbonyl (C=O) groups is 4. The van der Waals surface area contributed by atoms with Gasteiger partial charge in [0.25, 0.3) is 5.41 Å². The van der Waals surface area contributed by atoms with Gasteiger partial charge in [-0.2, -0.15) is 0 Å². The first-order valence-electron chi connectivity index (χ1n) is 11.0. The molecule has 0 bridgehead atoms. The molecule has 8 heteroatoms. The van der Waals surface area contributed by atoms with Gasteiger partial charge in [-0.05, 0) is 11.1 Å². The predicted octanol–water partition coefficient (Wildman–Crippen LogP) is 3.86. The van der Waals surface area contributed by atoms with Gasteiger partial charge in [0, 0.05) is 12.0 Å². The van der Waals surface area contributed by atoms with Gasteiger partial charge < -0.3 is 18.9 Å². The third kappa shape index (κ3) is 7.53. The van der Waals surface area contributed by atoms with Crippen LogP contribution in [0.15, 0.2) is 98.1 Å². The largest absolute Gasteiger partial charge is 0.460 e. The molecule has 2 aromatic carbocycles. The molecule has 0 aliphatic rings.